The number of benzene rings is 1. The standard InChI is InChI=1S/C20H30N4O4/c1-3-28-18-6-4-17(5-7-18)21-19(25)16(2)22-8-10-23(11-9-22)20(26)24-12-14-27-15-13-24/h4-7,16H,3,8-15H2,1-2H3,(H,21,25). The van der Waals surface area contributed by atoms with Crippen molar-refractivity contribution in [3.05, 3.63) is 24.3 Å². The molecule has 2 aliphatic heterocycles. The van der Waals surface area contributed by atoms with Crippen molar-refractivity contribution in [2.75, 3.05) is 64.4 Å². The van der Waals surface area contributed by atoms with Gasteiger partial charge in [-0.1, -0.05) is 0 Å². The van der Waals surface area contributed by atoms with Crippen LogP contribution in [0.25, 0.3) is 0 Å². The summed E-state index contributed by atoms with van der Waals surface area (Å²) in [6, 6.07) is 7.20. The molecule has 1 aromatic rings. The number of hydrogen-bond acceptors (Lipinski definition) is 5. The van der Waals surface area contributed by atoms with Gasteiger partial charge in [-0.05, 0) is 38.1 Å². The molecule has 1 N–H and O–H groups in total. The van der Waals surface area contributed by atoms with Crippen molar-refractivity contribution < 1.29 is 19.1 Å². The zero-order valence-corrected chi connectivity index (χ0v) is 16.7. The van der Waals surface area contributed by atoms with Gasteiger partial charge in [0, 0.05) is 45.0 Å². The number of urea groups is 1. The maximum Gasteiger partial charge on any atom is 0.320 e. The van der Waals surface area contributed by atoms with Gasteiger partial charge in [0.05, 0.1) is 25.9 Å². The van der Waals surface area contributed by atoms with E-state index in [0.717, 1.165) is 11.4 Å². The minimum absolute atomic E-state index is 0.0443. The first kappa shape index (κ1) is 20.4. The number of anilines is 1. The molecule has 1 unspecified atom stereocenters. The summed E-state index contributed by atoms with van der Waals surface area (Å²) in [5.41, 5.74) is 0.751. The lowest BCUT2D eigenvalue weighted by molar-refractivity contribution is -0.121. The smallest absolute Gasteiger partial charge is 0.320 e. The van der Waals surface area contributed by atoms with Crippen LogP contribution >= 0.6 is 0 Å². The Balaban J connectivity index is 1.46. The number of carbonyl (C=O) groups excluding carboxylic acids is 2. The molecule has 2 aliphatic rings. The third kappa shape index (κ3) is 5.14. The molecular weight excluding hydrogens is 360 g/mol. The molecule has 28 heavy (non-hydrogen) atoms. The lowest BCUT2D eigenvalue weighted by atomic mass is 10.2. The molecule has 1 aromatic carbocycles. The Kier molecular flexibility index (Phi) is 7.11. The van der Waals surface area contributed by atoms with Crippen LogP contribution in [0.15, 0.2) is 24.3 Å². The van der Waals surface area contributed by atoms with Crippen molar-refractivity contribution in [2.45, 2.75) is 19.9 Å². The summed E-state index contributed by atoms with van der Waals surface area (Å²) < 4.78 is 10.7. The second-order valence-electron chi connectivity index (χ2n) is 7.03. The first-order valence-electron chi connectivity index (χ1n) is 9.98. The average Bonchev–Trinajstić information content (AvgIpc) is 2.75. The third-order valence-corrected chi connectivity index (χ3v) is 5.23. The van der Waals surface area contributed by atoms with E-state index in [-0.39, 0.29) is 18.0 Å². The SMILES string of the molecule is CCOc1ccc(NC(=O)C(C)N2CCN(C(=O)N3CCOCC3)CC2)cc1. The minimum Gasteiger partial charge on any atom is -0.494 e. The molecule has 8 nitrogen and oxygen atoms in total. The topological polar surface area (TPSA) is 74.4 Å². The number of morpholine rings is 1. The second kappa shape index (κ2) is 9.75. The molecule has 2 heterocycles. The molecule has 154 valence electrons. The molecule has 0 saturated carbocycles. The van der Waals surface area contributed by atoms with Crippen molar-refractivity contribution in [3.63, 3.8) is 0 Å². The monoisotopic (exact) mass is 390 g/mol. The van der Waals surface area contributed by atoms with Crippen molar-refractivity contribution in [3.8, 4) is 5.75 Å². The lowest BCUT2D eigenvalue weighted by Crippen LogP contribution is -2.57. The fourth-order valence-electron chi connectivity index (χ4n) is 3.47. The Morgan fingerprint density at radius 2 is 1.64 bits per heavy atom. The Hall–Kier alpha value is -2.32. The first-order valence-corrected chi connectivity index (χ1v) is 9.98. The Morgan fingerprint density at radius 3 is 2.25 bits per heavy atom. The molecule has 3 amide bonds. The van der Waals surface area contributed by atoms with Crippen LogP contribution < -0.4 is 10.1 Å². The van der Waals surface area contributed by atoms with Gasteiger partial charge < -0.3 is 24.6 Å². The largest absolute Gasteiger partial charge is 0.494 e. The van der Waals surface area contributed by atoms with E-state index in [1.54, 1.807) is 0 Å². The molecule has 0 bridgehead atoms. The summed E-state index contributed by atoms with van der Waals surface area (Å²) in [4.78, 5) is 31.0. The van der Waals surface area contributed by atoms with Crippen LogP contribution in [0.2, 0.25) is 0 Å². The average molecular weight is 390 g/mol. The number of amides is 3. The van der Waals surface area contributed by atoms with Gasteiger partial charge in [0.25, 0.3) is 0 Å². The molecule has 3 rings (SSSR count). The van der Waals surface area contributed by atoms with Crippen LogP contribution in [0.5, 0.6) is 5.75 Å². The Labute approximate surface area is 166 Å². The van der Waals surface area contributed by atoms with E-state index in [1.165, 1.54) is 0 Å². The Bertz CT molecular complexity index is 653. The summed E-state index contributed by atoms with van der Waals surface area (Å²) >= 11 is 0. The van der Waals surface area contributed by atoms with E-state index in [1.807, 2.05) is 47.9 Å². The summed E-state index contributed by atoms with van der Waals surface area (Å²) in [6.45, 7) is 9.62. The number of piperazine rings is 1. The lowest BCUT2D eigenvalue weighted by Gasteiger charge is -2.40. The number of nitrogens with zero attached hydrogens (tertiary/aromatic N) is 3. The van der Waals surface area contributed by atoms with Gasteiger partial charge in [-0.2, -0.15) is 0 Å². The van der Waals surface area contributed by atoms with E-state index in [9.17, 15) is 9.59 Å². The van der Waals surface area contributed by atoms with Gasteiger partial charge >= 0.3 is 6.03 Å². The fourth-order valence-corrected chi connectivity index (χ4v) is 3.47. The Morgan fingerprint density at radius 1 is 1.04 bits per heavy atom. The highest BCUT2D eigenvalue weighted by molar-refractivity contribution is 5.94. The molecule has 1 atom stereocenters. The van der Waals surface area contributed by atoms with E-state index in [0.29, 0.717) is 59.1 Å². The van der Waals surface area contributed by atoms with Gasteiger partial charge in [0.15, 0.2) is 0 Å². The van der Waals surface area contributed by atoms with Crippen molar-refractivity contribution >= 4 is 17.6 Å². The number of carbonyl (C=O) groups is 2. The highest BCUT2D eigenvalue weighted by Gasteiger charge is 2.30. The quantitative estimate of drug-likeness (QED) is 0.824. The van der Waals surface area contributed by atoms with Crippen LogP contribution in [0.4, 0.5) is 10.5 Å². The van der Waals surface area contributed by atoms with Crippen LogP contribution in [0.1, 0.15) is 13.8 Å². The van der Waals surface area contributed by atoms with E-state index < -0.39 is 0 Å². The van der Waals surface area contributed by atoms with Crippen molar-refractivity contribution in [1.82, 2.24) is 14.7 Å². The van der Waals surface area contributed by atoms with Gasteiger partial charge in [-0.3, -0.25) is 9.69 Å². The molecule has 0 aliphatic carbocycles. The number of rotatable bonds is 5. The molecular formula is C20H30N4O4. The van der Waals surface area contributed by atoms with E-state index in [4.69, 9.17) is 9.47 Å². The van der Waals surface area contributed by atoms with Crippen LogP contribution in [0, 0.1) is 0 Å². The maximum atomic E-state index is 12.6. The number of nitrogens with one attached hydrogen (secondary N) is 1. The van der Waals surface area contributed by atoms with Crippen molar-refractivity contribution in [2.24, 2.45) is 0 Å². The highest BCUT2D eigenvalue weighted by Crippen LogP contribution is 2.17. The molecule has 0 spiro atoms. The fraction of sp³-hybridized carbons (Fsp3) is 0.600. The van der Waals surface area contributed by atoms with Crippen LogP contribution in [0.3, 0.4) is 0 Å². The van der Waals surface area contributed by atoms with E-state index >= 15 is 0 Å². The van der Waals surface area contributed by atoms with Gasteiger partial charge in [0.2, 0.25) is 5.91 Å². The minimum atomic E-state index is -0.257. The van der Waals surface area contributed by atoms with Gasteiger partial charge in [-0.15, -0.1) is 0 Å². The maximum absolute atomic E-state index is 12.6. The van der Waals surface area contributed by atoms with Crippen LogP contribution in [-0.4, -0.2) is 91.8 Å². The summed E-state index contributed by atoms with van der Waals surface area (Å²) in [7, 11) is 0. The number of ether oxygens (including phenoxy) is 2. The molecule has 8 heteroatoms. The van der Waals surface area contributed by atoms with Gasteiger partial charge in [-0.25, -0.2) is 4.79 Å². The summed E-state index contributed by atoms with van der Waals surface area (Å²) in [5, 5.41) is 2.96. The summed E-state index contributed by atoms with van der Waals surface area (Å²) in [5.74, 6) is 0.742. The predicted molar refractivity (Wildman–Crippen MR) is 107 cm³/mol. The normalized spacial score (nSPS) is 19.2. The third-order valence-electron chi connectivity index (χ3n) is 5.23. The molecule has 2 saturated heterocycles. The van der Waals surface area contributed by atoms with Crippen molar-refractivity contribution in [1.29, 1.82) is 0 Å². The second-order valence-corrected chi connectivity index (χ2v) is 7.03. The van der Waals surface area contributed by atoms with Gasteiger partial charge in [0.1, 0.15) is 5.75 Å². The molecule has 2 fully saturated rings. The zero-order valence-electron chi connectivity index (χ0n) is 16.7. The summed E-state index contributed by atoms with van der Waals surface area (Å²) in [6.07, 6.45) is 0. The highest BCUT2D eigenvalue weighted by atomic mass is 16.5. The zero-order chi connectivity index (χ0) is 19.9. The molecule has 0 aromatic heterocycles. The molecule has 0 radical (unpaired) electrons. The van der Waals surface area contributed by atoms with Crippen LogP contribution in [-0.2, 0) is 9.53 Å². The predicted octanol–water partition coefficient (Wildman–Crippen LogP) is 1.48. The first-order chi connectivity index (χ1) is 13.6. The number of hydrogen-bond donors (Lipinski definition) is 1. The van der Waals surface area contributed by atoms with E-state index in [2.05, 4.69) is 10.2 Å².